The topological polar surface area (TPSA) is 25.4 Å². The summed E-state index contributed by atoms with van der Waals surface area (Å²) in [5.41, 5.74) is 3.76. The van der Waals surface area contributed by atoms with Crippen LogP contribution in [0.1, 0.15) is 34.7 Å². The number of aromatic nitrogens is 1. The van der Waals surface area contributed by atoms with Gasteiger partial charge in [0.25, 0.3) is 0 Å². The van der Waals surface area contributed by atoms with Crippen LogP contribution in [-0.2, 0) is 19.5 Å². The Hall–Kier alpha value is -2.17. The third-order valence-electron chi connectivity index (χ3n) is 4.79. The number of thiazole rings is 1. The quantitative estimate of drug-likeness (QED) is 0.568. The van der Waals surface area contributed by atoms with Crippen LogP contribution in [0.15, 0.2) is 60.0 Å². The Morgan fingerprint density at radius 2 is 1.81 bits per heavy atom. The zero-order valence-corrected chi connectivity index (χ0v) is 15.9. The molecule has 0 aliphatic heterocycles. The molecule has 0 saturated heterocycles. The number of nitrogens with zero attached hydrogens (tertiary/aromatic N) is 2. The molecule has 134 valence electrons. The van der Waals surface area contributed by atoms with Gasteiger partial charge < -0.3 is 4.74 Å². The maximum absolute atomic E-state index is 5.53. The van der Waals surface area contributed by atoms with Crippen LogP contribution in [0.25, 0.3) is 0 Å². The van der Waals surface area contributed by atoms with Crippen LogP contribution >= 0.6 is 11.3 Å². The Bertz CT molecular complexity index is 842. The van der Waals surface area contributed by atoms with Gasteiger partial charge in [0.05, 0.1) is 17.8 Å². The molecule has 3 aromatic rings. The molecule has 0 unspecified atom stereocenters. The van der Waals surface area contributed by atoms with Crippen LogP contribution in [0.2, 0.25) is 0 Å². The molecule has 1 heterocycles. The van der Waals surface area contributed by atoms with E-state index in [1.807, 2.05) is 12.1 Å². The fourth-order valence-corrected chi connectivity index (χ4v) is 4.11. The van der Waals surface area contributed by atoms with Crippen LogP contribution in [0.4, 0.5) is 0 Å². The molecule has 4 heteroatoms. The summed E-state index contributed by atoms with van der Waals surface area (Å²) < 4.78 is 5.53. The van der Waals surface area contributed by atoms with Gasteiger partial charge in [-0.15, -0.1) is 11.3 Å². The average molecular weight is 365 g/mol. The van der Waals surface area contributed by atoms with Gasteiger partial charge in [-0.25, -0.2) is 4.98 Å². The minimum atomic E-state index is 0.680. The molecule has 1 aliphatic rings. The highest BCUT2D eigenvalue weighted by Crippen LogP contribution is 2.32. The van der Waals surface area contributed by atoms with Crippen molar-refractivity contribution < 1.29 is 4.74 Å². The molecule has 1 aromatic heterocycles. The van der Waals surface area contributed by atoms with Crippen molar-refractivity contribution >= 4 is 11.3 Å². The summed E-state index contributed by atoms with van der Waals surface area (Å²) in [4.78, 5) is 7.43. The van der Waals surface area contributed by atoms with Crippen molar-refractivity contribution in [1.82, 2.24) is 9.88 Å². The van der Waals surface area contributed by atoms with Gasteiger partial charge in [0.1, 0.15) is 5.75 Å². The number of methoxy groups -OCH3 is 1. The van der Waals surface area contributed by atoms with E-state index in [4.69, 9.17) is 9.72 Å². The molecule has 0 bridgehead atoms. The molecule has 3 nitrogen and oxygen atoms in total. The van der Waals surface area contributed by atoms with E-state index in [9.17, 15) is 0 Å². The highest BCUT2D eigenvalue weighted by atomic mass is 32.1. The predicted molar refractivity (Wildman–Crippen MR) is 107 cm³/mol. The third-order valence-corrected chi connectivity index (χ3v) is 5.69. The van der Waals surface area contributed by atoms with E-state index in [0.29, 0.717) is 6.04 Å². The molecule has 0 radical (unpaired) electrons. The fraction of sp³-hybridized carbons (Fsp3) is 0.318. The maximum Gasteiger partial charge on any atom is 0.123 e. The summed E-state index contributed by atoms with van der Waals surface area (Å²) in [6.45, 7) is 1.83. The van der Waals surface area contributed by atoms with E-state index < -0.39 is 0 Å². The van der Waals surface area contributed by atoms with Crippen molar-refractivity contribution in [3.8, 4) is 5.75 Å². The standard InChI is InChI=1S/C22H24N2OS/c1-25-21-10-6-5-9-18(21)14-24(20-11-12-20)15-19-16-26-22(23-19)13-17-7-3-2-4-8-17/h2-10,16,20H,11-15H2,1H3. The smallest absolute Gasteiger partial charge is 0.123 e. The van der Waals surface area contributed by atoms with Gasteiger partial charge in [-0.05, 0) is 24.5 Å². The average Bonchev–Trinajstić information content (AvgIpc) is 3.44. The molecular formula is C22H24N2OS. The largest absolute Gasteiger partial charge is 0.496 e. The summed E-state index contributed by atoms with van der Waals surface area (Å²) >= 11 is 1.77. The van der Waals surface area contributed by atoms with Crippen LogP contribution in [0.3, 0.4) is 0 Å². The minimum absolute atomic E-state index is 0.680. The first-order valence-corrected chi connectivity index (χ1v) is 10.0. The van der Waals surface area contributed by atoms with Crippen LogP contribution in [-0.4, -0.2) is 23.0 Å². The Morgan fingerprint density at radius 1 is 1.04 bits per heavy atom. The van der Waals surface area contributed by atoms with E-state index in [2.05, 4.69) is 52.7 Å². The maximum atomic E-state index is 5.53. The molecule has 1 aliphatic carbocycles. The second-order valence-electron chi connectivity index (χ2n) is 6.84. The van der Waals surface area contributed by atoms with Crippen molar-refractivity contribution in [1.29, 1.82) is 0 Å². The van der Waals surface area contributed by atoms with Gasteiger partial charge >= 0.3 is 0 Å². The number of hydrogen-bond donors (Lipinski definition) is 0. The molecule has 0 amide bonds. The Balaban J connectivity index is 1.44. The fourth-order valence-electron chi connectivity index (χ4n) is 3.29. The van der Waals surface area contributed by atoms with Crippen LogP contribution < -0.4 is 4.74 Å². The lowest BCUT2D eigenvalue weighted by Gasteiger charge is -2.22. The third kappa shape index (κ3) is 4.32. The Kier molecular flexibility index (Phi) is 5.32. The second kappa shape index (κ2) is 8.02. The monoisotopic (exact) mass is 364 g/mol. The van der Waals surface area contributed by atoms with Gasteiger partial charge in [0.15, 0.2) is 0 Å². The van der Waals surface area contributed by atoms with Gasteiger partial charge in [-0.1, -0.05) is 48.5 Å². The lowest BCUT2D eigenvalue weighted by atomic mass is 10.1. The number of ether oxygens (including phenoxy) is 1. The van der Waals surface area contributed by atoms with Gasteiger partial charge in [0.2, 0.25) is 0 Å². The Labute approximate surface area is 159 Å². The first-order chi connectivity index (χ1) is 12.8. The molecule has 1 fully saturated rings. The summed E-state index contributed by atoms with van der Waals surface area (Å²) in [5, 5.41) is 3.41. The van der Waals surface area contributed by atoms with Crippen molar-refractivity contribution in [3.05, 3.63) is 81.8 Å². The molecule has 1 saturated carbocycles. The van der Waals surface area contributed by atoms with E-state index in [-0.39, 0.29) is 0 Å². The van der Waals surface area contributed by atoms with Crippen LogP contribution in [0.5, 0.6) is 5.75 Å². The van der Waals surface area contributed by atoms with Gasteiger partial charge in [-0.2, -0.15) is 0 Å². The second-order valence-corrected chi connectivity index (χ2v) is 7.79. The normalized spacial score (nSPS) is 13.9. The number of benzene rings is 2. The van der Waals surface area contributed by atoms with Crippen molar-refractivity contribution in [2.24, 2.45) is 0 Å². The lowest BCUT2D eigenvalue weighted by Crippen LogP contribution is -2.25. The molecule has 0 N–H and O–H groups in total. The molecule has 2 aromatic carbocycles. The molecule has 0 spiro atoms. The number of rotatable bonds is 8. The highest BCUT2D eigenvalue weighted by Gasteiger charge is 2.30. The highest BCUT2D eigenvalue weighted by molar-refractivity contribution is 7.09. The number of para-hydroxylation sites is 1. The van der Waals surface area contributed by atoms with Gasteiger partial charge in [0, 0.05) is 36.5 Å². The predicted octanol–water partition coefficient (Wildman–Crippen LogP) is 4.91. The van der Waals surface area contributed by atoms with E-state index >= 15 is 0 Å². The molecule has 26 heavy (non-hydrogen) atoms. The first-order valence-electron chi connectivity index (χ1n) is 9.15. The lowest BCUT2D eigenvalue weighted by molar-refractivity contribution is 0.239. The Morgan fingerprint density at radius 3 is 2.58 bits per heavy atom. The zero-order chi connectivity index (χ0) is 17.8. The summed E-state index contributed by atoms with van der Waals surface area (Å²) in [7, 11) is 1.75. The van der Waals surface area contributed by atoms with Gasteiger partial charge in [-0.3, -0.25) is 4.90 Å². The zero-order valence-electron chi connectivity index (χ0n) is 15.1. The number of hydrogen-bond acceptors (Lipinski definition) is 4. The van der Waals surface area contributed by atoms with E-state index in [0.717, 1.165) is 25.3 Å². The van der Waals surface area contributed by atoms with Crippen LogP contribution in [0, 0.1) is 0 Å². The van der Waals surface area contributed by atoms with Crippen molar-refractivity contribution in [2.45, 2.75) is 38.4 Å². The summed E-state index contributed by atoms with van der Waals surface area (Å²) in [6, 6.07) is 19.6. The van der Waals surface area contributed by atoms with Crippen molar-refractivity contribution in [2.75, 3.05) is 7.11 Å². The van der Waals surface area contributed by atoms with E-state index in [1.54, 1.807) is 18.4 Å². The first kappa shape index (κ1) is 17.3. The van der Waals surface area contributed by atoms with Crippen molar-refractivity contribution in [3.63, 3.8) is 0 Å². The van der Waals surface area contributed by atoms with E-state index in [1.165, 1.54) is 34.7 Å². The minimum Gasteiger partial charge on any atom is -0.496 e. The molecular weight excluding hydrogens is 340 g/mol. The summed E-state index contributed by atoms with van der Waals surface area (Å²) in [5.74, 6) is 0.973. The summed E-state index contributed by atoms with van der Waals surface area (Å²) in [6.07, 6.45) is 3.49. The molecule has 0 atom stereocenters. The SMILES string of the molecule is COc1ccccc1CN(Cc1csc(Cc2ccccc2)n1)C1CC1. The molecule has 4 rings (SSSR count).